The summed E-state index contributed by atoms with van der Waals surface area (Å²) in [5.41, 5.74) is 0. The van der Waals surface area contributed by atoms with Crippen molar-refractivity contribution in [3.05, 3.63) is 0 Å². The number of piperidine rings is 1. The first-order chi connectivity index (χ1) is 10.2. The zero-order valence-electron chi connectivity index (χ0n) is 12.8. The molecule has 1 aliphatic rings. The number of nitrogens with zero attached hydrogens (tertiary/aromatic N) is 5. The van der Waals surface area contributed by atoms with Crippen LogP contribution >= 0.6 is 11.8 Å². The van der Waals surface area contributed by atoms with Crippen LogP contribution in [0.3, 0.4) is 0 Å². The van der Waals surface area contributed by atoms with Gasteiger partial charge in [-0.05, 0) is 43.3 Å². The normalized spacial score (nSPS) is 19.6. The van der Waals surface area contributed by atoms with Crippen molar-refractivity contribution in [1.82, 2.24) is 30.4 Å². The van der Waals surface area contributed by atoms with Gasteiger partial charge >= 0.3 is 0 Å². The Bertz CT molecular complexity index is 452. The van der Waals surface area contributed by atoms with E-state index in [4.69, 9.17) is 0 Å². The molecule has 0 unspecified atom stereocenters. The Morgan fingerprint density at radius 3 is 3.00 bits per heavy atom. The second kappa shape index (κ2) is 8.33. The number of hydrogen-bond donors (Lipinski definition) is 1. The van der Waals surface area contributed by atoms with Crippen molar-refractivity contribution in [3.63, 3.8) is 0 Å². The number of amides is 1. The lowest BCUT2D eigenvalue weighted by Crippen LogP contribution is -2.37. The van der Waals surface area contributed by atoms with Crippen LogP contribution in [0.1, 0.15) is 32.1 Å². The molecule has 0 bridgehead atoms. The number of hydrogen-bond acceptors (Lipinski definition) is 6. The van der Waals surface area contributed by atoms with Gasteiger partial charge in [0.15, 0.2) is 0 Å². The van der Waals surface area contributed by atoms with E-state index < -0.39 is 0 Å². The van der Waals surface area contributed by atoms with Crippen LogP contribution in [-0.2, 0) is 11.8 Å². The summed E-state index contributed by atoms with van der Waals surface area (Å²) in [5.74, 6) is 0.925. The first kappa shape index (κ1) is 16.2. The molecule has 1 aliphatic heterocycles. The van der Waals surface area contributed by atoms with E-state index in [0.717, 1.165) is 23.9 Å². The van der Waals surface area contributed by atoms with E-state index in [2.05, 4.69) is 32.8 Å². The maximum Gasteiger partial charge on any atom is 0.220 e. The molecule has 1 fully saturated rings. The zero-order valence-corrected chi connectivity index (χ0v) is 13.6. The fourth-order valence-corrected chi connectivity index (χ4v) is 3.28. The molecule has 0 radical (unpaired) electrons. The maximum absolute atomic E-state index is 11.8. The molecule has 21 heavy (non-hydrogen) atoms. The highest BCUT2D eigenvalue weighted by atomic mass is 32.2. The summed E-state index contributed by atoms with van der Waals surface area (Å²) >= 11 is 1.55. The minimum Gasteiger partial charge on any atom is -0.355 e. The molecule has 7 nitrogen and oxygen atoms in total. The van der Waals surface area contributed by atoms with Crippen molar-refractivity contribution in [2.75, 3.05) is 25.9 Å². The standard InChI is InChI=1S/C13H24N6OS/c1-18-9-4-3-5-11(18)6-7-12(20)14-8-10-21-13-15-16-17-19(13)2/h11H,3-10H2,1-2H3,(H,14,20)/t11-/m0/s1. The monoisotopic (exact) mass is 312 g/mol. The number of tetrazole rings is 1. The SMILES string of the molecule is CN1CCCC[C@H]1CCC(=O)NCCSc1nnnn1C. The lowest BCUT2D eigenvalue weighted by atomic mass is 9.98. The molecule has 0 aliphatic carbocycles. The van der Waals surface area contributed by atoms with Crippen molar-refractivity contribution in [3.8, 4) is 0 Å². The number of rotatable bonds is 7. The molecule has 1 aromatic heterocycles. The first-order valence-electron chi connectivity index (χ1n) is 7.49. The van der Waals surface area contributed by atoms with Crippen LogP contribution in [0.4, 0.5) is 0 Å². The van der Waals surface area contributed by atoms with Crippen molar-refractivity contribution >= 4 is 17.7 Å². The van der Waals surface area contributed by atoms with Crippen LogP contribution in [0, 0.1) is 0 Å². The lowest BCUT2D eigenvalue weighted by molar-refractivity contribution is -0.121. The van der Waals surface area contributed by atoms with Crippen molar-refractivity contribution < 1.29 is 4.79 Å². The van der Waals surface area contributed by atoms with Gasteiger partial charge in [0, 0.05) is 31.8 Å². The van der Waals surface area contributed by atoms with Gasteiger partial charge in [0.25, 0.3) is 0 Å². The van der Waals surface area contributed by atoms with Gasteiger partial charge in [-0.1, -0.05) is 18.2 Å². The summed E-state index contributed by atoms with van der Waals surface area (Å²) < 4.78 is 1.63. The molecule has 0 spiro atoms. The topological polar surface area (TPSA) is 75.9 Å². The molecule has 118 valence electrons. The summed E-state index contributed by atoms with van der Waals surface area (Å²) in [6, 6.07) is 0.573. The highest BCUT2D eigenvalue weighted by molar-refractivity contribution is 7.99. The third-order valence-electron chi connectivity index (χ3n) is 3.86. The number of likely N-dealkylation sites (tertiary alicyclic amines) is 1. The summed E-state index contributed by atoms with van der Waals surface area (Å²) in [4.78, 5) is 14.2. The first-order valence-corrected chi connectivity index (χ1v) is 8.47. The Balaban J connectivity index is 1.56. The van der Waals surface area contributed by atoms with Gasteiger partial charge in [-0.25, -0.2) is 4.68 Å². The van der Waals surface area contributed by atoms with E-state index in [1.807, 2.05) is 7.05 Å². The molecular formula is C13H24N6OS. The summed E-state index contributed by atoms with van der Waals surface area (Å²) in [6.07, 6.45) is 5.37. The lowest BCUT2D eigenvalue weighted by Gasteiger charge is -2.32. The van der Waals surface area contributed by atoms with Crippen LogP contribution < -0.4 is 5.32 Å². The number of carbonyl (C=O) groups excluding carboxylic acids is 1. The van der Waals surface area contributed by atoms with Crippen molar-refractivity contribution in [2.45, 2.75) is 43.3 Å². The molecule has 2 rings (SSSR count). The Labute approximate surface area is 129 Å². The number of aromatic nitrogens is 4. The van der Waals surface area contributed by atoms with Crippen LogP contribution in [0.2, 0.25) is 0 Å². The van der Waals surface area contributed by atoms with E-state index in [-0.39, 0.29) is 5.91 Å². The maximum atomic E-state index is 11.8. The predicted octanol–water partition coefficient (Wildman–Crippen LogP) is 0.683. The van der Waals surface area contributed by atoms with Crippen LogP contribution in [0.25, 0.3) is 0 Å². The second-order valence-electron chi connectivity index (χ2n) is 5.45. The third kappa shape index (κ3) is 5.28. The Hall–Kier alpha value is -1.15. The average molecular weight is 312 g/mol. The van der Waals surface area contributed by atoms with E-state index in [1.165, 1.54) is 19.3 Å². The third-order valence-corrected chi connectivity index (χ3v) is 4.88. The van der Waals surface area contributed by atoms with E-state index in [9.17, 15) is 4.79 Å². The molecule has 0 aromatic carbocycles. The molecular weight excluding hydrogens is 288 g/mol. The van der Waals surface area contributed by atoms with Gasteiger partial charge in [0.1, 0.15) is 0 Å². The van der Waals surface area contributed by atoms with Gasteiger partial charge in [0.2, 0.25) is 11.1 Å². The van der Waals surface area contributed by atoms with Gasteiger partial charge < -0.3 is 10.2 Å². The minimum absolute atomic E-state index is 0.144. The molecule has 2 heterocycles. The summed E-state index contributed by atoms with van der Waals surface area (Å²) in [6.45, 7) is 1.81. The fraction of sp³-hybridized carbons (Fsp3) is 0.846. The van der Waals surface area contributed by atoms with Crippen LogP contribution in [-0.4, -0.2) is 62.9 Å². The average Bonchev–Trinajstić information content (AvgIpc) is 2.88. The number of carbonyl (C=O) groups is 1. The number of nitrogens with one attached hydrogen (secondary N) is 1. The highest BCUT2D eigenvalue weighted by Gasteiger charge is 2.19. The van der Waals surface area contributed by atoms with E-state index >= 15 is 0 Å². The number of aryl methyl sites for hydroxylation is 1. The zero-order chi connectivity index (χ0) is 15.1. The summed E-state index contributed by atoms with van der Waals surface area (Å²) in [7, 11) is 3.97. The smallest absolute Gasteiger partial charge is 0.220 e. The number of thioether (sulfide) groups is 1. The van der Waals surface area contributed by atoms with Crippen molar-refractivity contribution in [1.29, 1.82) is 0 Å². The van der Waals surface area contributed by atoms with Crippen molar-refractivity contribution in [2.24, 2.45) is 7.05 Å². The van der Waals surface area contributed by atoms with Crippen LogP contribution in [0.5, 0.6) is 0 Å². The van der Waals surface area contributed by atoms with E-state index in [1.54, 1.807) is 16.4 Å². The second-order valence-corrected chi connectivity index (χ2v) is 6.51. The molecule has 0 saturated carbocycles. The largest absolute Gasteiger partial charge is 0.355 e. The van der Waals surface area contributed by atoms with Gasteiger partial charge in [-0.3, -0.25) is 4.79 Å². The Morgan fingerprint density at radius 2 is 2.29 bits per heavy atom. The van der Waals surface area contributed by atoms with E-state index in [0.29, 0.717) is 19.0 Å². The highest BCUT2D eigenvalue weighted by Crippen LogP contribution is 2.18. The fourth-order valence-electron chi connectivity index (χ4n) is 2.57. The quantitative estimate of drug-likeness (QED) is 0.589. The Morgan fingerprint density at radius 1 is 1.43 bits per heavy atom. The molecule has 1 N–H and O–H groups in total. The molecule has 1 amide bonds. The minimum atomic E-state index is 0.144. The molecule has 8 heteroatoms. The van der Waals surface area contributed by atoms with Crippen LogP contribution in [0.15, 0.2) is 5.16 Å². The summed E-state index contributed by atoms with van der Waals surface area (Å²) in [5, 5.41) is 15.0. The molecule has 1 saturated heterocycles. The molecule has 1 aromatic rings. The van der Waals surface area contributed by atoms with Gasteiger partial charge in [-0.2, -0.15) is 0 Å². The Kier molecular flexibility index (Phi) is 6.44. The molecule has 1 atom stereocenters. The predicted molar refractivity (Wildman–Crippen MR) is 82.0 cm³/mol. The van der Waals surface area contributed by atoms with Gasteiger partial charge in [0.05, 0.1) is 0 Å². The van der Waals surface area contributed by atoms with Gasteiger partial charge in [-0.15, -0.1) is 5.10 Å².